The SMILES string of the molecule is CCOC(=O)C1=CC(C(=O)c2ccc(OC)cc2)=C2OCCN2C1(O)C(F)(F)F. The van der Waals surface area contributed by atoms with Crippen molar-refractivity contribution in [1.29, 1.82) is 0 Å². The highest BCUT2D eigenvalue weighted by molar-refractivity contribution is 6.12. The van der Waals surface area contributed by atoms with Crippen LogP contribution in [0.5, 0.6) is 5.75 Å². The zero-order valence-corrected chi connectivity index (χ0v) is 15.6. The van der Waals surface area contributed by atoms with Crippen molar-refractivity contribution in [3.05, 3.63) is 52.9 Å². The number of fused-ring (bicyclic) bond motifs is 1. The van der Waals surface area contributed by atoms with Gasteiger partial charge in [-0.1, -0.05) is 0 Å². The van der Waals surface area contributed by atoms with E-state index in [1.807, 2.05) is 0 Å². The fraction of sp³-hybridized carbons (Fsp3) is 0.368. The van der Waals surface area contributed by atoms with Crippen LogP contribution in [-0.4, -0.2) is 60.5 Å². The topological polar surface area (TPSA) is 85.3 Å². The number of halogens is 3. The highest BCUT2D eigenvalue weighted by atomic mass is 19.4. The second-order valence-corrected chi connectivity index (χ2v) is 6.23. The van der Waals surface area contributed by atoms with Gasteiger partial charge in [0.15, 0.2) is 5.78 Å². The number of hydrogen-bond donors (Lipinski definition) is 1. The third-order valence-electron chi connectivity index (χ3n) is 4.57. The quantitative estimate of drug-likeness (QED) is 0.585. The van der Waals surface area contributed by atoms with E-state index >= 15 is 0 Å². The van der Waals surface area contributed by atoms with E-state index in [1.165, 1.54) is 38.3 Å². The molecule has 0 aliphatic carbocycles. The number of Topliss-reactive ketones (excluding diaryl/α,β-unsaturated/α-hetero) is 1. The molecule has 1 N–H and O–H groups in total. The molecule has 0 amide bonds. The summed E-state index contributed by atoms with van der Waals surface area (Å²) in [5, 5.41) is 10.6. The average molecular weight is 413 g/mol. The number of nitrogens with zero attached hydrogens (tertiary/aromatic N) is 1. The fourth-order valence-electron chi connectivity index (χ4n) is 3.17. The first-order chi connectivity index (χ1) is 13.6. The van der Waals surface area contributed by atoms with Crippen molar-refractivity contribution in [3.63, 3.8) is 0 Å². The summed E-state index contributed by atoms with van der Waals surface area (Å²) in [6, 6.07) is 5.88. The van der Waals surface area contributed by atoms with Gasteiger partial charge >= 0.3 is 12.1 Å². The van der Waals surface area contributed by atoms with Gasteiger partial charge in [0.1, 0.15) is 12.4 Å². The zero-order valence-electron chi connectivity index (χ0n) is 15.6. The number of alkyl halides is 3. The number of benzene rings is 1. The number of aliphatic hydroxyl groups is 1. The van der Waals surface area contributed by atoms with Crippen LogP contribution in [0.3, 0.4) is 0 Å². The first-order valence-corrected chi connectivity index (χ1v) is 8.67. The third-order valence-corrected chi connectivity index (χ3v) is 4.57. The number of esters is 1. The molecule has 2 aliphatic rings. The van der Waals surface area contributed by atoms with Gasteiger partial charge in [-0.25, -0.2) is 4.79 Å². The van der Waals surface area contributed by atoms with Crippen LogP contribution < -0.4 is 4.74 Å². The molecule has 3 rings (SSSR count). The van der Waals surface area contributed by atoms with Gasteiger partial charge in [0, 0.05) is 5.56 Å². The molecule has 2 aliphatic heterocycles. The molecule has 1 saturated heterocycles. The van der Waals surface area contributed by atoms with Crippen molar-refractivity contribution >= 4 is 11.8 Å². The summed E-state index contributed by atoms with van der Waals surface area (Å²) in [6.07, 6.45) is -4.56. The number of allylic oxidation sites excluding steroid dienone is 2. The van der Waals surface area contributed by atoms with Crippen molar-refractivity contribution < 1.29 is 42.1 Å². The maximum atomic E-state index is 13.8. The first kappa shape index (κ1) is 20.7. The molecule has 1 aromatic rings. The first-order valence-electron chi connectivity index (χ1n) is 8.67. The molecule has 29 heavy (non-hydrogen) atoms. The summed E-state index contributed by atoms with van der Waals surface area (Å²) < 4.78 is 56.5. The molecular weight excluding hydrogens is 395 g/mol. The second kappa shape index (κ2) is 7.43. The molecule has 1 unspecified atom stereocenters. The Balaban J connectivity index is 2.14. The van der Waals surface area contributed by atoms with Gasteiger partial charge in [-0.2, -0.15) is 13.2 Å². The molecule has 0 spiro atoms. The second-order valence-electron chi connectivity index (χ2n) is 6.23. The van der Waals surface area contributed by atoms with Crippen molar-refractivity contribution in [3.8, 4) is 5.75 Å². The lowest BCUT2D eigenvalue weighted by Crippen LogP contribution is -2.61. The van der Waals surface area contributed by atoms with Crippen LogP contribution in [0.1, 0.15) is 17.3 Å². The number of carbonyl (C=O) groups excluding carboxylic acids is 2. The molecule has 2 heterocycles. The van der Waals surface area contributed by atoms with Crippen LogP contribution in [0, 0.1) is 0 Å². The third kappa shape index (κ3) is 3.33. The van der Waals surface area contributed by atoms with E-state index in [9.17, 15) is 27.9 Å². The van der Waals surface area contributed by atoms with E-state index < -0.39 is 35.1 Å². The van der Waals surface area contributed by atoms with Gasteiger partial charge in [-0.3, -0.25) is 9.69 Å². The Morgan fingerprint density at radius 3 is 2.48 bits per heavy atom. The van der Waals surface area contributed by atoms with Gasteiger partial charge in [0.05, 0.1) is 31.4 Å². The lowest BCUT2D eigenvalue weighted by molar-refractivity contribution is -0.292. The van der Waals surface area contributed by atoms with Gasteiger partial charge in [-0.15, -0.1) is 0 Å². The van der Waals surface area contributed by atoms with Gasteiger partial charge < -0.3 is 19.3 Å². The van der Waals surface area contributed by atoms with E-state index in [0.717, 1.165) is 0 Å². The molecule has 10 heteroatoms. The van der Waals surface area contributed by atoms with E-state index in [1.54, 1.807) is 0 Å². The van der Waals surface area contributed by atoms with Crippen molar-refractivity contribution in [2.24, 2.45) is 0 Å². The summed E-state index contributed by atoms with van der Waals surface area (Å²) in [5.41, 5.74) is -4.92. The normalized spacial score (nSPS) is 21.3. The summed E-state index contributed by atoms with van der Waals surface area (Å²) in [7, 11) is 1.44. The molecule has 1 fully saturated rings. The summed E-state index contributed by atoms with van der Waals surface area (Å²) in [6.45, 7) is 0.634. The summed E-state index contributed by atoms with van der Waals surface area (Å²) in [4.78, 5) is 25.7. The van der Waals surface area contributed by atoms with Crippen LogP contribution in [0.15, 0.2) is 47.4 Å². The molecule has 1 aromatic carbocycles. The largest absolute Gasteiger partial charge is 0.497 e. The number of hydrogen-bond acceptors (Lipinski definition) is 7. The van der Waals surface area contributed by atoms with Crippen LogP contribution in [-0.2, 0) is 14.3 Å². The predicted molar refractivity (Wildman–Crippen MR) is 92.7 cm³/mol. The van der Waals surface area contributed by atoms with Crippen LogP contribution >= 0.6 is 0 Å². The van der Waals surface area contributed by atoms with Gasteiger partial charge in [-0.05, 0) is 37.3 Å². The molecule has 1 atom stereocenters. The Kier molecular flexibility index (Phi) is 5.31. The van der Waals surface area contributed by atoms with Crippen molar-refractivity contribution in [2.75, 3.05) is 26.9 Å². The van der Waals surface area contributed by atoms with E-state index in [-0.39, 0.29) is 30.9 Å². The molecule has 156 valence electrons. The molecule has 7 nitrogen and oxygen atoms in total. The zero-order chi connectivity index (χ0) is 21.4. The molecule has 0 bridgehead atoms. The number of ether oxygens (including phenoxy) is 3. The maximum Gasteiger partial charge on any atom is 0.441 e. The fourth-order valence-corrected chi connectivity index (χ4v) is 3.17. The molecule has 0 saturated carbocycles. The average Bonchev–Trinajstić information content (AvgIpc) is 3.18. The lowest BCUT2D eigenvalue weighted by Gasteiger charge is -2.41. The number of ketones is 1. The lowest BCUT2D eigenvalue weighted by atomic mass is 9.90. The highest BCUT2D eigenvalue weighted by Gasteiger charge is 2.66. The standard InChI is InChI=1S/C19H18F3NO6/c1-3-28-17(25)14-10-13(15(24)11-4-6-12(27-2)7-5-11)16-23(8-9-29-16)18(14,26)19(20,21)22/h4-7,10,26H,3,8-9H2,1-2H3. The maximum absolute atomic E-state index is 13.8. The molecular formula is C19H18F3NO6. The smallest absolute Gasteiger partial charge is 0.441 e. The predicted octanol–water partition coefficient (Wildman–Crippen LogP) is 2.18. The summed E-state index contributed by atoms with van der Waals surface area (Å²) >= 11 is 0. The minimum Gasteiger partial charge on any atom is -0.497 e. The van der Waals surface area contributed by atoms with Gasteiger partial charge in [0.2, 0.25) is 5.88 Å². The van der Waals surface area contributed by atoms with Crippen molar-refractivity contribution in [2.45, 2.75) is 18.8 Å². The molecule has 0 radical (unpaired) electrons. The number of carbonyl (C=O) groups is 2. The Labute approximate surface area is 163 Å². The van der Waals surface area contributed by atoms with Gasteiger partial charge in [0.25, 0.3) is 5.72 Å². The van der Waals surface area contributed by atoms with Crippen LogP contribution in [0.25, 0.3) is 0 Å². The number of rotatable bonds is 5. The molecule has 0 aromatic heterocycles. The summed E-state index contributed by atoms with van der Waals surface area (Å²) in [5.74, 6) is -2.02. The van der Waals surface area contributed by atoms with Crippen molar-refractivity contribution in [1.82, 2.24) is 4.90 Å². The minimum absolute atomic E-state index is 0.139. The van der Waals surface area contributed by atoms with Crippen LogP contribution in [0.4, 0.5) is 13.2 Å². The Bertz CT molecular complexity index is 890. The van der Waals surface area contributed by atoms with Crippen LogP contribution in [0.2, 0.25) is 0 Å². The van der Waals surface area contributed by atoms with E-state index in [0.29, 0.717) is 16.7 Å². The Hall–Kier alpha value is -3.01. The Morgan fingerprint density at radius 1 is 1.28 bits per heavy atom. The Morgan fingerprint density at radius 2 is 1.93 bits per heavy atom. The highest BCUT2D eigenvalue weighted by Crippen LogP contribution is 2.47. The van der Waals surface area contributed by atoms with E-state index in [4.69, 9.17) is 14.2 Å². The number of methoxy groups -OCH3 is 1. The van der Waals surface area contributed by atoms with E-state index in [2.05, 4.69) is 0 Å². The minimum atomic E-state index is -5.25. The monoisotopic (exact) mass is 413 g/mol.